The second kappa shape index (κ2) is 7.97. The number of carbonyl (C=O) groups excluding carboxylic acids is 2. The quantitative estimate of drug-likeness (QED) is 0.400. The maximum Gasteiger partial charge on any atom is 0.266 e. The molecular formula is C27H19FN2O4. The zero-order valence-corrected chi connectivity index (χ0v) is 17.9. The zero-order chi connectivity index (χ0) is 23.2. The van der Waals surface area contributed by atoms with Crippen molar-refractivity contribution in [1.82, 2.24) is 0 Å². The summed E-state index contributed by atoms with van der Waals surface area (Å²) in [6.07, 6.45) is -0.975. The van der Waals surface area contributed by atoms with Crippen LogP contribution in [0.2, 0.25) is 0 Å². The van der Waals surface area contributed by atoms with Crippen LogP contribution >= 0.6 is 0 Å². The van der Waals surface area contributed by atoms with E-state index in [4.69, 9.17) is 9.25 Å². The average molecular weight is 454 g/mol. The number of hydrogen-bond donors (Lipinski definition) is 0. The van der Waals surface area contributed by atoms with E-state index in [-0.39, 0.29) is 11.7 Å². The van der Waals surface area contributed by atoms with E-state index >= 15 is 0 Å². The van der Waals surface area contributed by atoms with Crippen LogP contribution in [0.4, 0.5) is 15.8 Å². The largest absolute Gasteiger partial charge is 0.459 e. The van der Waals surface area contributed by atoms with Crippen LogP contribution in [0.25, 0.3) is 11.3 Å². The number of amides is 2. The molecule has 1 aromatic heterocycles. The average Bonchev–Trinajstić information content (AvgIpc) is 3.56. The Kier molecular flexibility index (Phi) is 4.78. The fraction of sp³-hybridized carbons (Fsp3) is 0.111. The van der Waals surface area contributed by atoms with E-state index in [9.17, 15) is 14.0 Å². The molecule has 6 nitrogen and oxygen atoms in total. The van der Waals surface area contributed by atoms with Crippen molar-refractivity contribution < 1.29 is 23.2 Å². The lowest BCUT2D eigenvalue weighted by atomic mass is 9.94. The van der Waals surface area contributed by atoms with Crippen LogP contribution in [0.1, 0.15) is 11.8 Å². The summed E-state index contributed by atoms with van der Waals surface area (Å²) in [4.78, 5) is 34.2. The molecule has 0 spiro atoms. The van der Waals surface area contributed by atoms with Crippen molar-refractivity contribution in [3.8, 4) is 11.3 Å². The summed E-state index contributed by atoms with van der Waals surface area (Å²) in [5.74, 6) is -0.872. The Balaban J connectivity index is 1.42. The molecule has 0 saturated carbocycles. The number of hydrogen-bond acceptors (Lipinski definition) is 5. The maximum absolute atomic E-state index is 13.6. The van der Waals surface area contributed by atoms with Crippen molar-refractivity contribution >= 4 is 23.2 Å². The molecule has 7 heteroatoms. The number of para-hydroxylation sites is 2. The Morgan fingerprint density at radius 2 is 1.35 bits per heavy atom. The summed E-state index contributed by atoms with van der Waals surface area (Å²) < 4.78 is 19.5. The van der Waals surface area contributed by atoms with Gasteiger partial charge >= 0.3 is 0 Å². The standard InChI is InChI=1S/C27H19FN2O4/c28-18-13-11-17(12-14-18)21-15-16-22(33-21)24-23-25(34-30(24)20-9-5-2-6-10-20)27(32)29(26(23)31)19-7-3-1-4-8-19/h1-16,23-25H/t23-,24+,25-/m1/s1. The van der Waals surface area contributed by atoms with Crippen molar-refractivity contribution in [1.29, 1.82) is 0 Å². The summed E-state index contributed by atoms with van der Waals surface area (Å²) in [5.41, 5.74) is 1.91. The minimum atomic E-state index is -0.975. The van der Waals surface area contributed by atoms with Crippen molar-refractivity contribution in [2.24, 2.45) is 5.92 Å². The van der Waals surface area contributed by atoms with Gasteiger partial charge in [-0.05, 0) is 60.7 Å². The molecule has 4 aromatic rings. The van der Waals surface area contributed by atoms with Gasteiger partial charge in [0.15, 0.2) is 6.10 Å². The van der Waals surface area contributed by atoms with Gasteiger partial charge < -0.3 is 4.42 Å². The molecule has 2 saturated heterocycles. The summed E-state index contributed by atoms with van der Waals surface area (Å²) >= 11 is 0. The Hall–Kier alpha value is -4.23. The number of carbonyl (C=O) groups is 2. The lowest BCUT2D eigenvalue weighted by Gasteiger charge is -2.27. The van der Waals surface area contributed by atoms with E-state index in [0.29, 0.717) is 28.5 Å². The Bertz CT molecular complexity index is 1350. The van der Waals surface area contributed by atoms with Crippen LogP contribution in [0.15, 0.2) is 101 Å². The highest BCUT2D eigenvalue weighted by Gasteiger charge is 2.61. The Morgan fingerprint density at radius 1 is 0.706 bits per heavy atom. The van der Waals surface area contributed by atoms with E-state index in [1.165, 1.54) is 17.0 Å². The second-order valence-electron chi connectivity index (χ2n) is 8.21. The predicted molar refractivity (Wildman–Crippen MR) is 123 cm³/mol. The zero-order valence-electron chi connectivity index (χ0n) is 17.9. The molecule has 2 fully saturated rings. The normalized spacial score (nSPS) is 21.9. The second-order valence-corrected chi connectivity index (χ2v) is 8.21. The van der Waals surface area contributed by atoms with Gasteiger partial charge in [0.1, 0.15) is 29.3 Å². The molecule has 2 amide bonds. The number of anilines is 2. The smallest absolute Gasteiger partial charge is 0.266 e. The first kappa shape index (κ1) is 20.4. The van der Waals surface area contributed by atoms with Crippen LogP contribution in [-0.2, 0) is 14.4 Å². The fourth-order valence-corrected chi connectivity index (χ4v) is 4.61. The van der Waals surface area contributed by atoms with Crippen LogP contribution in [0, 0.1) is 11.7 Å². The summed E-state index contributed by atoms with van der Waals surface area (Å²) in [5, 5.41) is 1.58. The maximum atomic E-state index is 13.6. The van der Waals surface area contributed by atoms with Crippen molar-refractivity contribution in [2.75, 3.05) is 9.96 Å². The highest BCUT2D eigenvalue weighted by molar-refractivity contribution is 6.23. The van der Waals surface area contributed by atoms with Gasteiger partial charge in [0.2, 0.25) is 5.91 Å². The molecule has 0 aliphatic carbocycles. The molecule has 34 heavy (non-hydrogen) atoms. The molecule has 6 rings (SSSR count). The van der Waals surface area contributed by atoms with Crippen LogP contribution in [0.5, 0.6) is 0 Å². The number of rotatable bonds is 4. The number of nitrogens with zero attached hydrogens (tertiary/aromatic N) is 2. The van der Waals surface area contributed by atoms with Crippen LogP contribution < -0.4 is 9.96 Å². The highest BCUT2D eigenvalue weighted by atomic mass is 19.1. The van der Waals surface area contributed by atoms with Crippen molar-refractivity contribution in [3.05, 3.63) is 109 Å². The number of benzene rings is 3. The number of furan rings is 1. The molecule has 3 atom stereocenters. The molecule has 168 valence electrons. The minimum absolute atomic E-state index is 0.339. The molecule has 0 radical (unpaired) electrons. The Labute approximate surface area is 194 Å². The third-order valence-electron chi connectivity index (χ3n) is 6.19. The molecule has 0 N–H and O–H groups in total. The topological polar surface area (TPSA) is 63.0 Å². The van der Waals surface area contributed by atoms with Crippen molar-refractivity contribution in [2.45, 2.75) is 12.1 Å². The van der Waals surface area contributed by atoms with Gasteiger partial charge in [0.25, 0.3) is 5.91 Å². The van der Waals surface area contributed by atoms with E-state index in [1.54, 1.807) is 53.6 Å². The van der Waals surface area contributed by atoms with E-state index < -0.39 is 24.0 Å². The minimum Gasteiger partial charge on any atom is -0.459 e. The molecular weight excluding hydrogens is 435 g/mol. The fourth-order valence-electron chi connectivity index (χ4n) is 4.61. The SMILES string of the molecule is O=C1[C@H]2[C@@H](ON(c3ccccc3)[C@H]2c2ccc(-c3ccc(F)cc3)o2)C(=O)N1c1ccccc1. The molecule has 3 aromatic carbocycles. The van der Waals surface area contributed by atoms with Gasteiger partial charge in [0.05, 0.1) is 11.4 Å². The molecule has 2 aliphatic rings. The van der Waals surface area contributed by atoms with Gasteiger partial charge in [-0.2, -0.15) is 0 Å². The number of halogens is 1. The van der Waals surface area contributed by atoms with E-state index in [1.807, 2.05) is 36.4 Å². The summed E-state index contributed by atoms with van der Waals surface area (Å²) in [7, 11) is 0. The monoisotopic (exact) mass is 454 g/mol. The third-order valence-corrected chi connectivity index (χ3v) is 6.19. The van der Waals surface area contributed by atoms with Gasteiger partial charge in [-0.1, -0.05) is 36.4 Å². The van der Waals surface area contributed by atoms with Crippen LogP contribution in [0.3, 0.4) is 0 Å². The first-order valence-electron chi connectivity index (χ1n) is 10.9. The lowest BCUT2D eigenvalue weighted by molar-refractivity contribution is -0.126. The Morgan fingerprint density at radius 3 is 2.03 bits per heavy atom. The van der Waals surface area contributed by atoms with Gasteiger partial charge in [-0.3, -0.25) is 14.4 Å². The van der Waals surface area contributed by atoms with Gasteiger partial charge in [-0.15, -0.1) is 0 Å². The molecule has 3 heterocycles. The number of imide groups is 1. The highest BCUT2D eigenvalue weighted by Crippen LogP contribution is 2.48. The number of hydroxylamine groups is 1. The van der Waals surface area contributed by atoms with Gasteiger partial charge in [0, 0.05) is 5.56 Å². The first-order chi connectivity index (χ1) is 16.6. The van der Waals surface area contributed by atoms with Crippen LogP contribution in [-0.4, -0.2) is 17.9 Å². The van der Waals surface area contributed by atoms with E-state index in [2.05, 4.69) is 0 Å². The molecule has 0 unspecified atom stereocenters. The summed E-state index contributed by atoms with van der Waals surface area (Å²) in [6, 6.07) is 27.0. The summed E-state index contributed by atoms with van der Waals surface area (Å²) in [6.45, 7) is 0. The molecule has 2 aliphatic heterocycles. The predicted octanol–water partition coefficient (Wildman–Crippen LogP) is 5.14. The van der Waals surface area contributed by atoms with Gasteiger partial charge in [-0.25, -0.2) is 14.4 Å². The third kappa shape index (κ3) is 3.21. The van der Waals surface area contributed by atoms with Crippen molar-refractivity contribution in [3.63, 3.8) is 0 Å². The first-order valence-corrected chi connectivity index (χ1v) is 10.9. The van der Waals surface area contributed by atoms with E-state index in [0.717, 1.165) is 0 Å². The number of fused-ring (bicyclic) bond motifs is 1. The lowest BCUT2D eigenvalue weighted by Crippen LogP contribution is -2.37. The molecule has 0 bridgehead atoms.